The van der Waals surface area contributed by atoms with E-state index in [4.69, 9.17) is 4.74 Å². The normalized spacial score (nSPS) is 18.1. The first-order chi connectivity index (χ1) is 11.3. The molecule has 23 heavy (non-hydrogen) atoms. The molecule has 0 bridgehead atoms. The Balaban J connectivity index is 1.53. The molecular weight excluding hydrogens is 310 g/mol. The maximum atomic E-state index is 12.6. The van der Waals surface area contributed by atoms with Gasteiger partial charge in [-0.3, -0.25) is 14.8 Å². The van der Waals surface area contributed by atoms with E-state index in [9.17, 15) is 4.79 Å². The number of nitrogens with zero attached hydrogens (tertiary/aromatic N) is 3. The van der Waals surface area contributed by atoms with Crippen LogP contribution in [-0.2, 0) is 22.4 Å². The van der Waals surface area contributed by atoms with Crippen LogP contribution in [0.4, 0.5) is 0 Å². The molecule has 1 aliphatic heterocycles. The van der Waals surface area contributed by atoms with Gasteiger partial charge in [0, 0.05) is 36.4 Å². The Morgan fingerprint density at radius 3 is 3.13 bits per heavy atom. The van der Waals surface area contributed by atoms with Gasteiger partial charge in [0.25, 0.3) is 0 Å². The first-order valence-corrected chi connectivity index (χ1v) is 8.85. The smallest absolute Gasteiger partial charge is 0.223 e. The molecule has 1 saturated heterocycles. The first kappa shape index (κ1) is 16.1. The largest absolute Gasteiger partial charge is 0.377 e. The Bertz CT molecular complexity index is 604. The zero-order valence-electron chi connectivity index (χ0n) is 13.1. The summed E-state index contributed by atoms with van der Waals surface area (Å²) in [5.41, 5.74) is 0.962. The molecule has 0 unspecified atom stereocenters. The summed E-state index contributed by atoms with van der Waals surface area (Å²) in [6.45, 7) is 1.94. The van der Waals surface area contributed by atoms with Crippen LogP contribution in [0.15, 0.2) is 36.1 Å². The average Bonchev–Trinajstić information content (AvgIpc) is 3.12. The number of hydrogen-bond donors (Lipinski definition) is 0. The number of carbonyl (C=O) groups is 1. The van der Waals surface area contributed by atoms with E-state index >= 15 is 0 Å². The molecular formula is C17H21N3O2S. The van der Waals surface area contributed by atoms with Crippen molar-refractivity contribution in [3.05, 3.63) is 46.7 Å². The third kappa shape index (κ3) is 4.59. The summed E-state index contributed by atoms with van der Waals surface area (Å²) in [5, 5.41) is 2.05. The molecule has 2 aromatic rings. The second kappa shape index (κ2) is 8.17. The summed E-state index contributed by atoms with van der Waals surface area (Å²) in [5.74, 6) is 0.228. The number of thiophene rings is 1. The molecule has 5 nitrogen and oxygen atoms in total. The summed E-state index contributed by atoms with van der Waals surface area (Å²) in [6.07, 6.45) is 8.24. The molecule has 2 aromatic heterocycles. The van der Waals surface area contributed by atoms with E-state index in [1.165, 1.54) is 4.88 Å². The molecule has 0 spiro atoms. The topological polar surface area (TPSA) is 55.3 Å². The maximum Gasteiger partial charge on any atom is 0.223 e. The van der Waals surface area contributed by atoms with E-state index in [0.717, 1.165) is 25.0 Å². The van der Waals surface area contributed by atoms with Crippen molar-refractivity contribution in [1.82, 2.24) is 14.9 Å². The highest BCUT2D eigenvalue weighted by atomic mass is 32.1. The van der Waals surface area contributed by atoms with Crippen LogP contribution >= 0.6 is 11.3 Å². The zero-order chi connectivity index (χ0) is 15.9. The molecule has 3 heterocycles. The van der Waals surface area contributed by atoms with Gasteiger partial charge in [0.1, 0.15) is 0 Å². The fourth-order valence-electron chi connectivity index (χ4n) is 2.82. The highest BCUT2D eigenvalue weighted by Crippen LogP contribution is 2.17. The third-order valence-electron chi connectivity index (χ3n) is 4.06. The standard InChI is InChI=1S/C17H21N3O2S/c21-17(6-5-16-2-1-11-23-16)20-9-10-22-13-15(20)4-3-14-12-18-7-8-19-14/h1-2,7-8,11-12,15H,3-6,9-10,13H2/t15-/m1/s1. The van der Waals surface area contributed by atoms with E-state index in [1.54, 1.807) is 29.9 Å². The molecule has 0 aliphatic carbocycles. The Morgan fingerprint density at radius 2 is 2.35 bits per heavy atom. The number of morpholine rings is 1. The van der Waals surface area contributed by atoms with Crippen molar-refractivity contribution in [3.8, 4) is 0 Å². The van der Waals surface area contributed by atoms with Crippen LogP contribution in [0.1, 0.15) is 23.4 Å². The minimum atomic E-state index is 0.140. The van der Waals surface area contributed by atoms with Crippen LogP contribution < -0.4 is 0 Å². The number of rotatable bonds is 6. The first-order valence-electron chi connectivity index (χ1n) is 7.97. The molecule has 1 amide bonds. The minimum Gasteiger partial charge on any atom is -0.377 e. The highest BCUT2D eigenvalue weighted by Gasteiger charge is 2.26. The lowest BCUT2D eigenvalue weighted by Crippen LogP contribution is -2.49. The Labute approximate surface area is 140 Å². The third-order valence-corrected chi connectivity index (χ3v) is 5.00. The van der Waals surface area contributed by atoms with Gasteiger partial charge in [-0.15, -0.1) is 11.3 Å². The van der Waals surface area contributed by atoms with Gasteiger partial charge in [0.05, 0.1) is 24.9 Å². The number of ether oxygens (including phenoxy) is 1. The van der Waals surface area contributed by atoms with Crippen LogP contribution in [-0.4, -0.2) is 46.6 Å². The lowest BCUT2D eigenvalue weighted by molar-refractivity contribution is -0.140. The minimum absolute atomic E-state index is 0.140. The molecule has 0 saturated carbocycles. The van der Waals surface area contributed by atoms with Crippen molar-refractivity contribution >= 4 is 17.2 Å². The molecule has 0 aromatic carbocycles. The SMILES string of the molecule is O=C(CCc1cccs1)N1CCOC[C@H]1CCc1cnccn1. The van der Waals surface area contributed by atoms with E-state index in [1.807, 2.05) is 11.0 Å². The second-order valence-corrected chi connectivity index (χ2v) is 6.66. The van der Waals surface area contributed by atoms with Crippen molar-refractivity contribution in [2.75, 3.05) is 19.8 Å². The molecule has 0 N–H and O–H groups in total. The van der Waals surface area contributed by atoms with E-state index in [0.29, 0.717) is 26.2 Å². The molecule has 6 heteroatoms. The van der Waals surface area contributed by atoms with Gasteiger partial charge < -0.3 is 9.64 Å². The molecule has 3 rings (SSSR count). The quantitative estimate of drug-likeness (QED) is 0.815. The fraction of sp³-hybridized carbons (Fsp3) is 0.471. The van der Waals surface area contributed by atoms with Gasteiger partial charge in [-0.25, -0.2) is 0 Å². The van der Waals surface area contributed by atoms with Crippen LogP contribution in [0.5, 0.6) is 0 Å². The molecule has 1 atom stereocenters. The van der Waals surface area contributed by atoms with Gasteiger partial charge in [0.15, 0.2) is 0 Å². The Kier molecular flexibility index (Phi) is 5.71. The molecule has 0 radical (unpaired) electrons. The Hall–Kier alpha value is -1.79. The van der Waals surface area contributed by atoms with Crippen molar-refractivity contribution in [1.29, 1.82) is 0 Å². The van der Waals surface area contributed by atoms with Crippen LogP contribution in [0.2, 0.25) is 0 Å². The van der Waals surface area contributed by atoms with Gasteiger partial charge in [-0.1, -0.05) is 6.07 Å². The zero-order valence-corrected chi connectivity index (χ0v) is 13.9. The van der Waals surface area contributed by atoms with E-state index < -0.39 is 0 Å². The van der Waals surface area contributed by atoms with Crippen molar-refractivity contribution in [2.24, 2.45) is 0 Å². The number of amides is 1. The lowest BCUT2D eigenvalue weighted by atomic mass is 10.1. The highest BCUT2D eigenvalue weighted by molar-refractivity contribution is 7.09. The van der Waals surface area contributed by atoms with Crippen LogP contribution in [0.25, 0.3) is 0 Å². The van der Waals surface area contributed by atoms with Crippen LogP contribution in [0, 0.1) is 0 Å². The fourth-order valence-corrected chi connectivity index (χ4v) is 3.53. The number of aryl methyl sites for hydroxylation is 2. The number of aromatic nitrogens is 2. The molecule has 1 aliphatic rings. The maximum absolute atomic E-state index is 12.6. The summed E-state index contributed by atoms with van der Waals surface area (Å²) in [7, 11) is 0. The summed E-state index contributed by atoms with van der Waals surface area (Å²) >= 11 is 1.71. The van der Waals surface area contributed by atoms with Crippen molar-refractivity contribution in [3.63, 3.8) is 0 Å². The van der Waals surface area contributed by atoms with Gasteiger partial charge in [-0.05, 0) is 30.7 Å². The van der Waals surface area contributed by atoms with Crippen molar-refractivity contribution < 1.29 is 9.53 Å². The van der Waals surface area contributed by atoms with E-state index in [2.05, 4.69) is 21.4 Å². The summed E-state index contributed by atoms with van der Waals surface area (Å²) < 4.78 is 5.57. The predicted molar refractivity (Wildman–Crippen MR) is 89.3 cm³/mol. The number of hydrogen-bond acceptors (Lipinski definition) is 5. The summed E-state index contributed by atoms with van der Waals surface area (Å²) in [4.78, 5) is 24.2. The second-order valence-electron chi connectivity index (χ2n) is 5.63. The Morgan fingerprint density at radius 1 is 1.39 bits per heavy atom. The average molecular weight is 331 g/mol. The van der Waals surface area contributed by atoms with E-state index in [-0.39, 0.29) is 11.9 Å². The van der Waals surface area contributed by atoms with Crippen molar-refractivity contribution in [2.45, 2.75) is 31.7 Å². The van der Waals surface area contributed by atoms with Gasteiger partial charge >= 0.3 is 0 Å². The summed E-state index contributed by atoms with van der Waals surface area (Å²) in [6, 6.07) is 4.26. The van der Waals surface area contributed by atoms with Gasteiger partial charge in [-0.2, -0.15) is 0 Å². The monoisotopic (exact) mass is 331 g/mol. The van der Waals surface area contributed by atoms with Gasteiger partial charge in [0.2, 0.25) is 5.91 Å². The van der Waals surface area contributed by atoms with Crippen LogP contribution in [0.3, 0.4) is 0 Å². The molecule has 122 valence electrons. The molecule has 1 fully saturated rings. The number of carbonyl (C=O) groups excluding carboxylic acids is 1. The predicted octanol–water partition coefficient (Wildman–Crippen LogP) is 2.33. The lowest BCUT2D eigenvalue weighted by Gasteiger charge is -2.35.